The van der Waals surface area contributed by atoms with E-state index in [-0.39, 0.29) is 6.61 Å². The Bertz CT molecular complexity index is 583. The largest absolute Gasteiger partial charge is 0.495 e. The van der Waals surface area contributed by atoms with Crippen LogP contribution in [0.15, 0.2) is 48.5 Å². The van der Waals surface area contributed by atoms with Gasteiger partial charge in [-0.25, -0.2) is 0 Å². The fraction of sp³-hybridized carbons (Fsp3) is 0.294. The first-order chi connectivity index (χ1) is 9.60. The van der Waals surface area contributed by atoms with E-state index in [0.29, 0.717) is 0 Å². The molecule has 1 unspecified atom stereocenters. The first kappa shape index (κ1) is 14.4. The number of methoxy groups -OCH3 is 1. The summed E-state index contributed by atoms with van der Waals surface area (Å²) in [5.74, 6) is 0.765. The highest BCUT2D eigenvalue weighted by atomic mass is 16.5. The maximum Gasteiger partial charge on any atom is 0.141 e. The SMILES string of the molecule is COc1ccccc1NC(C)(CO)c1ccccc1C. The Morgan fingerprint density at radius 2 is 1.75 bits per heavy atom. The van der Waals surface area contributed by atoms with Gasteiger partial charge in [0.1, 0.15) is 5.75 Å². The van der Waals surface area contributed by atoms with Gasteiger partial charge in [-0.05, 0) is 37.1 Å². The lowest BCUT2D eigenvalue weighted by atomic mass is 9.89. The number of aryl methyl sites for hydroxylation is 1. The average Bonchev–Trinajstić information content (AvgIpc) is 2.48. The molecule has 0 aromatic heterocycles. The highest BCUT2D eigenvalue weighted by Gasteiger charge is 2.27. The van der Waals surface area contributed by atoms with E-state index in [4.69, 9.17) is 4.74 Å². The Morgan fingerprint density at radius 1 is 1.10 bits per heavy atom. The van der Waals surface area contributed by atoms with Crippen LogP contribution in [-0.4, -0.2) is 18.8 Å². The second kappa shape index (κ2) is 5.97. The molecule has 0 radical (unpaired) electrons. The molecule has 3 heteroatoms. The molecule has 106 valence electrons. The van der Waals surface area contributed by atoms with Crippen LogP contribution in [0.3, 0.4) is 0 Å². The summed E-state index contributed by atoms with van der Waals surface area (Å²) in [5.41, 5.74) is 2.54. The third-order valence-electron chi connectivity index (χ3n) is 3.57. The van der Waals surface area contributed by atoms with Gasteiger partial charge in [0.05, 0.1) is 24.9 Å². The van der Waals surface area contributed by atoms with Crippen molar-refractivity contribution in [1.82, 2.24) is 0 Å². The Hall–Kier alpha value is -2.00. The summed E-state index contributed by atoms with van der Waals surface area (Å²) >= 11 is 0. The summed E-state index contributed by atoms with van der Waals surface area (Å²) < 4.78 is 5.36. The van der Waals surface area contributed by atoms with Gasteiger partial charge in [-0.3, -0.25) is 0 Å². The number of aliphatic hydroxyl groups excluding tert-OH is 1. The van der Waals surface area contributed by atoms with Crippen molar-refractivity contribution in [2.45, 2.75) is 19.4 Å². The number of anilines is 1. The molecule has 0 saturated carbocycles. The molecule has 20 heavy (non-hydrogen) atoms. The first-order valence-corrected chi connectivity index (χ1v) is 6.69. The number of aliphatic hydroxyl groups is 1. The van der Waals surface area contributed by atoms with Crippen LogP contribution >= 0.6 is 0 Å². The number of hydrogen-bond donors (Lipinski definition) is 2. The van der Waals surface area contributed by atoms with Crippen molar-refractivity contribution in [3.8, 4) is 5.75 Å². The van der Waals surface area contributed by atoms with E-state index in [0.717, 1.165) is 22.6 Å². The van der Waals surface area contributed by atoms with Gasteiger partial charge in [0.15, 0.2) is 0 Å². The zero-order valence-electron chi connectivity index (χ0n) is 12.2. The summed E-state index contributed by atoms with van der Waals surface area (Å²) in [5, 5.41) is 13.3. The smallest absolute Gasteiger partial charge is 0.141 e. The standard InChI is InChI=1S/C17H21NO2/c1-13-8-4-5-9-14(13)17(2,12-19)18-15-10-6-7-11-16(15)20-3/h4-11,18-19H,12H2,1-3H3. The summed E-state index contributed by atoms with van der Waals surface area (Å²) in [7, 11) is 1.64. The van der Waals surface area contributed by atoms with Crippen molar-refractivity contribution in [3.63, 3.8) is 0 Å². The van der Waals surface area contributed by atoms with Gasteiger partial charge in [0.2, 0.25) is 0 Å². The molecule has 2 aromatic rings. The van der Waals surface area contributed by atoms with Crippen molar-refractivity contribution in [2.24, 2.45) is 0 Å². The fourth-order valence-electron chi connectivity index (χ4n) is 2.43. The third-order valence-corrected chi connectivity index (χ3v) is 3.57. The molecule has 0 aliphatic heterocycles. The Balaban J connectivity index is 2.40. The van der Waals surface area contributed by atoms with Gasteiger partial charge in [-0.1, -0.05) is 36.4 Å². The molecule has 2 rings (SSSR count). The van der Waals surface area contributed by atoms with Crippen molar-refractivity contribution >= 4 is 5.69 Å². The van der Waals surface area contributed by atoms with E-state index in [9.17, 15) is 5.11 Å². The average molecular weight is 271 g/mol. The quantitative estimate of drug-likeness (QED) is 0.876. The maximum atomic E-state index is 9.88. The van der Waals surface area contributed by atoms with Crippen LogP contribution in [0.4, 0.5) is 5.69 Å². The fourth-order valence-corrected chi connectivity index (χ4v) is 2.43. The highest BCUT2D eigenvalue weighted by molar-refractivity contribution is 5.59. The minimum absolute atomic E-state index is 0.00407. The molecule has 0 amide bonds. The van der Waals surface area contributed by atoms with Crippen LogP contribution < -0.4 is 10.1 Å². The van der Waals surface area contributed by atoms with Gasteiger partial charge in [0.25, 0.3) is 0 Å². The first-order valence-electron chi connectivity index (χ1n) is 6.69. The topological polar surface area (TPSA) is 41.5 Å². The molecular formula is C17H21NO2. The van der Waals surface area contributed by atoms with Gasteiger partial charge >= 0.3 is 0 Å². The summed E-state index contributed by atoms with van der Waals surface area (Å²) in [6.45, 7) is 4.03. The van der Waals surface area contributed by atoms with Gasteiger partial charge in [-0.2, -0.15) is 0 Å². The molecule has 0 aliphatic rings. The van der Waals surface area contributed by atoms with Crippen LogP contribution in [0.1, 0.15) is 18.1 Å². The van der Waals surface area contributed by atoms with E-state index in [2.05, 4.69) is 5.32 Å². The number of ether oxygens (including phenoxy) is 1. The van der Waals surface area contributed by atoms with E-state index >= 15 is 0 Å². The summed E-state index contributed by atoms with van der Waals surface area (Å²) in [6.07, 6.45) is 0. The second-order valence-corrected chi connectivity index (χ2v) is 5.13. The third kappa shape index (κ3) is 2.78. The van der Waals surface area contributed by atoms with Crippen LogP contribution in [0.25, 0.3) is 0 Å². The molecular weight excluding hydrogens is 250 g/mol. The van der Waals surface area contributed by atoms with Crippen molar-refractivity contribution in [1.29, 1.82) is 0 Å². The lowest BCUT2D eigenvalue weighted by Crippen LogP contribution is -2.36. The number of hydrogen-bond acceptors (Lipinski definition) is 3. The Morgan fingerprint density at radius 3 is 2.40 bits per heavy atom. The maximum absolute atomic E-state index is 9.88. The monoisotopic (exact) mass is 271 g/mol. The van der Waals surface area contributed by atoms with Crippen LogP contribution in [-0.2, 0) is 5.54 Å². The molecule has 0 bridgehead atoms. The predicted octanol–water partition coefficient (Wildman–Crippen LogP) is 3.32. The lowest BCUT2D eigenvalue weighted by molar-refractivity contribution is 0.223. The zero-order valence-corrected chi connectivity index (χ0v) is 12.2. The zero-order chi connectivity index (χ0) is 14.6. The molecule has 0 fully saturated rings. The number of nitrogens with one attached hydrogen (secondary N) is 1. The van der Waals surface area contributed by atoms with Gasteiger partial charge in [-0.15, -0.1) is 0 Å². The molecule has 3 nitrogen and oxygen atoms in total. The van der Waals surface area contributed by atoms with Crippen molar-refractivity contribution < 1.29 is 9.84 Å². The molecule has 0 heterocycles. The number of benzene rings is 2. The highest BCUT2D eigenvalue weighted by Crippen LogP contribution is 2.32. The lowest BCUT2D eigenvalue weighted by Gasteiger charge is -2.32. The van der Waals surface area contributed by atoms with Gasteiger partial charge in [0, 0.05) is 0 Å². The molecule has 0 saturated heterocycles. The van der Waals surface area contributed by atoms with E-state index < -0.39 is 5.54 Å². The van der Waals surface area contributed by atoms with Crippen LogP contribution in [0, 0.1) is 6.92 Å². The molecule has 0 spiro atoms. The minimum atomic E-state index is -0.556. The van der Waals surface area contributed by atoms with Gasteiger partial charge < -0.3 is 15.2 Å². The summed E-state index contributed by atoms with van der Waals surface area (Å²) in [6, 6.07) is 15.8. The van der Waals surface area contributed by atoms with Crippen molar-refractivity contribution in [3.05, 3.63) is 59.7 Å². The second-order valence-electron chi connectivity index (χ2n) is 5.13. The van der Waals surface area contributed by atoms with Crippen molar-refractivity contribution in [2.75, 3.05) is 19.0 Å². The molecule has 0 aliphatic carbocycles. The summed E-state index contributed by atoms with van der Waals surface area (Å²) in [4.78, 5) is 0. The minimum Gasteiger partial charge on any atom is -0.495 e. The molecule has 2 aromatic carbocycles. The Kier molecular flexibility index (Phi) is 4.30. The van der Waals surface area contributed by atoms with E-state index in [1.54, 1.807) is 7.11 Å². The predicted molar refractivity (Wildman–Crippen MR) is 82.2 cm³/mol. The normalized spacial score (nSPS) is 13.6. The van der Waals surface area contributed by atoms with E-state index in [1.165, 1.54) is 0 Å². The Labute approximate surface area is 120 Å². The van der Waals surface area contributed by atoms with Crippen LogP contribution in [0.5, 0.6) is 5.75 Å². The molecule has 1 atom stereocenters. The molecule has 2 N–H and O–H groups in total. The van der Waals surface area contributed by atoms with Crippen LogP contribution in [0.2, 0.25) is 0 Å². The number of para-hydroxylation sites is 2. The van der Waals surface area contributed by atoms with E-state index in [1.807, 2.05) is 62.4 Å². The number of rotatable bonds is 5.